The van der Waals surface area contributed by atoms with Crippen LogP contribution >= 0.6 is 12.4 Å². The third-order valence-corrected chi connectivity index (χ3v) is 3.21. The van der Waals surface area contributed by atoms with Crippen molar-refractivity contribution in [2.24, 2.45) is 0 Å². The highest BCUT2D eigenvalue weighted by Gasteiger charge is 2.15. The topological polar surface area (TPSA) is 41.9 Å². The lowest BCUT2D eigenvalue weighted by Crippen LogP contribution is -2.42. The van der Waals surface area contributed by atoms with Crippen LogP contribution in [-0.2, 0) is 4.74 Å². The summed E-state index contributed by atoms with van der Waals surface area (Å²) in [5, 5.41) is 9.99. The second-order valence-electron chi connectivity index (χ2n) is 5.20. The summed E-state index contributed by atoms with van der Waals surface area (Å²) < 4.78 is 10.9. The van der Waals surface area contributed by atoms with Gasteiger partial charge in [0.05, 0.1) is 13.2 Å². The second-order valence-corrected chi connectivity index (χ2v) is 5.20. The number of hydrogen-bond donors (Lipinski definition) is 1. The number of aliphatic hydroxyl groups excluding tert-OH is 1. The Hall–Kier alpha value is -0.810. The van der Waals surface area contributed by atoms with Crippen molar-refractivity contribution >= 4 is 12.4 Å². The minimum Gasteiger partial charge on any atom is -0.491 e. The van der Waals surface area contributed by atoms with Crippen LogP contribution in [0, 0.1) is 13.8 Å². The Morgan fingerprint density at radius 1 is 1.20 bits per heavy atom. The summed E-state index contributed by atoms with van der Waals surface area (Å²) in [7, 11) is 0. The minimum atomic E-state index is -0.459. The summed E-state index contributed by atoms with van der Waals surface area (Å²) in [5.74, 6) is 0.832. The van der Waals surface area contributed by atoms with Crippen LogP contribution in [0.2, 0.25) is 0 Å². The number of halogens is 1. The zero-order valence-electron chi connectivity index (χ0n) is 12.2. The number of β-amino-alcohol motifs (C(OH)–C–C–N with tert-alkyl or cyclic N) is 1. The third kappa shape index (κ3) is 5.67. The molecule has 2 rings (SSSR count). The zero-order chi connectivity index (χ0) is 13.7. The van der Waals surface area contributed by atoms with Gasteiger partial charge in [-0.2, -0.15) is 0 Å². The SMILES string of the molecule is Cc1cc(C)cc(OCC(O)CN2CCOCC2)c1.Cl. The Bertz CT molecular complexity index is 388. The van der Waals surface area contributed by atoms with Crippen molar-refractivity contribution < 1.29 is 14.6 Å². The van der Waals surface area contributed by atoms with E-state index in [9.17, 15) is 5.11 Å². The number of hydrogen-bond acceptors (Lipinski definition) is 4. The number of ether oxygens (including phenoxy) is 2. The van der Waals surface area contributed by atoms with Crippen LogP contribution in [0.3, 0.4) is 0 Å². The molecule has 1 heterocycles. The van der Waals surface area contributed by atoms with E-state index in [1.54, 1.807) is 0 Å². The Morgan fingerprint density at radius 3 is 2.40 bits per heavy atom. The number of nitrogens with zero attached hydrogens (tertiary/aromatic N) is 1. The highest BCUT2D eigenvalue weighted by Crippen LogP contribution is 2.16. The maximum atomic E-state index is 9.99. The summed E-state index contributed by atoms with van der Waals surface area (Å²) in [6.07, 6.45) is -0.459. The molecule has 1 atom stereocenters. The summed E-state index contributed by atoms with van der Waals surface area (Å²) in [4.78, 5) is 2.21. The van der Waals surface area contributed by atoms with E-state index in [1.165, 1.54) is 11.1 Å². The largest absolute Gasteiger partial charge is 0.491 e. The average molecular weight is 302 g/mol. The molecule has 20 heavy (non-hydrogen) atoms. The van der Waals surface area contributed by atoms with E-state index < -0.39 is 6.10 Å². The smallest absolute Gasteiger partial charge is 0.119 e. The van der Waals surface area contributed by atoms with Crippen molar-refractivity contribution in [1.82, 2.24) is 4.90 Å². The summed E-state index contributed by atoms with van der Waals surface area (Å²) >= 11 is 0. The third-order valence-electron chi connectivity index (χ3n) is 3.21. The highest BCUT2D eigenvalue weighted by atomic mass is 35.5. The van der Waals surface area contributed by atoms with Gasteiger partial charge >= 0.3 is 0 Å². The van der Waals surface area contributed by atoms with Crippen molar-refractivity contribution in [3.05, 3.63) is 29.3 Å². The van der Waals surface area contributed by atoms with Crippen LogP contribution in [0.25, 0.3) is 0 Å². The minimum absolute atomic E-state index is 0. The molecule has 5 heteroatoms. The molecule has 114 valence electrons. The quantitative estimate of drug-likeness (QED) is 0.900. The van der Waals surface area contributed by atoms with E-state index in [0.29, 0.717) is 13.2 Å². The lowest BCUT2D eigenvalue weighted by molar-refractivity contribution is 0.00464. The summed E-state index contributed by atoms with van der Waals surface area (Å²) in [5.41, 5.74) is 2.36. The molecular formula is C15H24ClNO3. The van der Waals surface area contributed by atoms with Gasteiger partial charge in [0.15, 0.2) is 0 Å². The first-order valence-electron chi connectivity index (χ1n) is 6.83. The van der Waals surface area contributed by atoms with Gasteiger partial charge in [-0.25, -0.2) is 0 Å². The first-order valence-corrected chi connectivity index (χ1v) is 6.83. The van der Waals surface area contributed by atoms with Crippen molar-refractivity contribution in [2.45, 2.75) is 20.0 Å². The molecule has 0 bridgehead atoms. The number of benzene rings is 1. The second kappa shape index (κ2) is 8.47. The number of morpholine rings is 1. The molecule has 1 unspecified atom stereocenters. The fraction of sp³-hybridized carbons (Fsp3) is 0.600. The summed E-state index contributed by atoms with van der Waals surface area (Å²) in [6.45, 7) is 8.36. The van der Waals surface area contributed by atoms with Crippen LogP contribution in [0.15, 0.2) is 18.2 Å². The molecule has 1 aromatic carbocycles. The van der Waals surface area contributed by atoms with Gasteiger partial charge in [-0.15, -0.1) is 12.4 Å². The maximum Gasteiger partial charge on any atom is 0.119 e. The van der Waals surface area contributed by atoms with Gasteiger partial charge < -0.3 is 14.6 Å². The van der Waals surface area contributed by atoms with Crippen LogP contribution in [0.5, 0.6) is 5.75 Å². The van der Waals surface area contributed by atoms with Gasteiger partial charge in [-0.1, -0.05) is 6.07 Å². The molecule has 0 aromatic heterocycles. The average Bonchev–Trinajstić information content (AvgIpc) is 2.36. The van der Waals surface area contributed by atoms with Crippen molar-refractivity contribution in [3.8, 4) is 5.75 Å². The molecule has 0 aliphatic carbocycles. The van der Waals surface area contributed by atoms with Gasteiger partial charge in [0.2, 0.25) is 0 Å². The fourth-order valence-electron chi connectivity index (χ4n) is 2.34. The standard InChI is InChI=1S/C15H23NO3.ClH/c1-12-7-13(2)9-15(8-12)19-11-14(17)10-16-3-5-18-6-4-16;/h7-9,14,17H,3-6,10-11H2,1-2H3;1H. The number of aryl methyl sites for hydroxylation is 2. The van der Waals surface area contributed by atoms with E-state index in [2.05, 4.69) is 11.0 Å². The van der Waals surface area contributed by atoms with Crippen LogP contribution in [0.4, 0.5) is 0 Å². The Balaban J connectivity index is 0.00000200. The van der Waals surface area contributed by atoms with Gasteiger partial charge in [0, 0.05) is 19.6 Å². The fourth-order valence-corrected chi connectivity index (χ4v) is 2.34. The van der Waals surface area contributed by atoms with E-state index >= 15 is 0 Å². The molecule has 0 radical (unpaired) electrons. The van der Waals surface area contributed by atoms with E-state index in [0.717, 1.165) is 32.1 Å². The van der Waals surface area contributed by atoms with E-state index in [-0.39, 0.29) is 12.4 Å². The van der Waals surface area contributed by atoms with Gasteiger partial charge in [0.1, 0.15) is 18.5 Å². The molecule has 4 nitrogen and oxygen atoms in total. The molecule has 1 aromatic rings. The Morgan fingerprint density at radius 2 is 1.80 bits per heavy atom. The zero-order valence-corrected chi connectivity index (χ0v) is 13.0. The van der Waals surface area contributed by atoms with Gasteiger partial charge in [0.25, 0.3) is 0 Å². The predicted octanol–water partition coefficient (Wildman–Crippen LogP) is 1.80. The molecule has 1 fully saturated rings. The molecule has 1 aliphatic rings. The molecule has 1 N–H and O–H groups in total. The Labute approximate surface area is 127 Å². The number of rotatable bonds is 5. The maximum absolute atomic E-state index is 9.99. The molecule has 1 aliphatic heterocycles. The van der Waals surface area contributed by atoms with E-state index in [4.69, 9.17) is 9.47 Å². The molecule has 0 spiro atoms. The molecule has 0 saturated carbocycles. The number of aliphatic hydroxyl groups is 1. The summed E-state index contributed by atoms with van der Waals surface area (Å²) in [6, 6.07) is 6.10. The van der Waals surface area contributed by atoms with Crippen molar-refractivity contribution in [3.63, 3.8) is 0 Å². The van der Waals surface area contributed by atoms with Crippen molar-refractivity contribution in [1.29, 1.82) is 0 Å². The highest BCUT2D eigenvalue weighted by molar-refractivity contribution is 5.85. The van der Waals surface area contributed by atoms with Crippen LogP contribution in [0.1, 0.15) is 11.1 Å². The van der Waals surface area contributed by atoms with Crippen LogP contribution < -0.4 is 4.74 Å². The predicted molar refractivity (Wildman–Crippen MR) is 81.9 cm³/mol. The Kier molecular flexibility index (Phi) is 7.30. The van der Waals surface area contributed by atoms with Gasteiger partial charge in [-0.3, -0.25) is 4.90 Å². The normalized spacial score (nSPS) is 17.4. The van der Waals surface area contributed by atoms with Crippen LogP contribution in [-0.4, -0.2) is 55.6 Å². The molecule has 0 amide bonds. The molecular weight excluding hydrogens is 278 g/mol. The first-order chi connectivity index (χ1) is 9.13. The lowest BCUT2D eigenvalue weighted by Gasteiger charge is -2.28. The monoisotopic (exact) mass is 301 g/mol. The lowest BCUT2D eigenvalue weighted by atomic mass is 10.1. The van der Waals surface area contributed by atoms with Gasteiger partial charge in [-0.05, 0) is 37.1 Å². The van der Waals surface area contributed by atoms with Crippen molar-refractivity contribution in [2.75, 3.05) is 39.5 Å². The van der Waals surface area contributed by atoms with E-state index in [1.807, 2.05) is 26.0 Å². The first kappa shape index (κ1) is 17.2. The molecule has 1 saturated heterocycles.